The number of nitrogens with zero attached hydrogens (tertiary/aromatic N) is 2. The quantitative estimate of drug-likeness (QED) is 0.930. The highest BCUT2D eigenvalue weighted by molar-refractivity contribution is 5.36. The normalized spacial score (nSPS) is 15.2. The molecule has 3 rings (SSSR count). The van der Waals surface area contributed by atoms with Crippen LogP contribution in [0.2, 0.25) is 0 Å². The third-order valence-electron chi connectivity index (χ3n) is 4.16. The summed E-state index contributed by atoms with van der Waals surface area (Å²) in [7, 11) is 0. The molecule has 0 fully saturated rings. The molecule has 3 heteroatoms. The molecule has 0 saturated heterocycles. The fraction of sp³-hybridized carbons (Fsp3) is 0.412. The van der Waals surface area contributed by atoms with Gasteiger partial charge in [0.05, 0.1) is 11.4 Å². The molecule has 1 aromatic heterocycles. The Morgan fingerprint density at radius 1 is 1.10 bits per heavy atom. The molecule has 1 unspecified atom stereocenters. The number of aryl methyl sites for hydroxylation is 4. The van der Waals surface area contributed by atoms with Crippen molar-refractivity contribution < 1.29 is 0 Å². The summed E-state index contributed by atoms with van der Waals surface area (Å²) in [5, 5.41) is 8.24. The molecule has 0 bridgehead atoms. The fourth-order valence-electron chi connectivity index (χ4n) is 3.06. The maximum absolute atomic E-state index is 6.37. The summed E-state index contributed by atoms with van der Waals surface area (Å²) in [5.41, 5.74) is 13.7. The van der Waals surface area contributed by atoms with Crippen molar-refractivity contribution in [2.45, 2.75) is 45.6 Å². The highest BCUT2D eigenvalue weighted by atomic mass is 15.1. The number of rotatable bonds is 3. The lowest BCUT2D eigenvalue weighted by Gasteiger charge is -2.15. The summed E-state index contributed by atoms with van der Waals surface area (Å²) in [5.74, 6) is 0. The van der Waals surface area contributed by atoms with Gasteiger partial charge in [0.1, 0.15) is 0 Å². The van der Waals surface area contributed by atoms with Crippen molar-refractivity contribution in [3.05, 3.63) is 57.9 Å². The van der Waals surface area contributed by atoms with Crippen LogP contribution < -0.4 is 5.73 Å². The summed E-state index contributed by atoms with van der Waals surface area (Å²) in [6, 6.07) is 8.87. The molecular formula is C17H21N3. The predicted octanol–water partition coefficient (Wildman–Crippen LogP) is 2.82. The van der Waals surface area contributed by atoms with Crippen LogP contribution in [0.25, 0.3) is 0 Å². The zero-order chi connectivity index (χ0) is 14.1. The van der Waals surface area contributed by atoms with Crippen LogP contribution >= 0.6 is 0 Å². The van der Waals surface area contributed by atoms with Crippen molar-refractivity contribution in [2.24, 2.45) is 5.73 Å². The van der Waals surface area contributed by atoms with Crippen LogP contribution in [0.4, 0.5) is 0 Å². The van der Waals surface area contributed by atoms with Crippen molar-refractivity contribution >= 4 is 0 Å². The van der Waals surface area contributed by atoms with Gasteiger partial charge in [0, 0.05) is 6.04 Å². The van der Waals surface area contributed by atoms with E-state index in [4.69, 9.17) is 5.73 Å². The Kier molecular flexibility index (Phi) is 3.53. The molecule has 1 aliphatic carbocycles. The van der Waals surface area contributed by atoms with Gasteiger partial charge in [0.2, 0.25) is 0 Å². The van der Waals surface area contributed by atoms with Crippen LogP contribution in [0.5, 0.6) is 0 Å². The molecule has 0 aliphatic heterocycles. The van der Waals surface area contributed by atoms with Crippen molar-refractivity contribution in [3.8, 4) is 0 Å². The monoisotopic (exact) mass is 267 g/mol. The molecule has 3 nitrogen and oxygen atoms in total. The molecule has 0 saturated carbocycles. The van der Waals surface area contributed by atoms with Crippen LogP contribution in [0.1, 0.15) is 46.1 Å². The Hall–Kier alpha value is -1.74. The average molecular weight is 267 g/mol. The smallest absolute Gasteiger partial charge is 0.0648 e. The van der Waals surface area contributed by atoms with Gasteiger partial charge in [-0.3, -0.25) is 0 Å². The molecule has 104 valence electrons. The first-order chi connectivity index (χ1) is 9.63. The molecule has 2 aromatic rings. The Bertz CT molecular complexity index is 634. The second kappa shape index (κ2) is 5.33. The van der Waals surface area contributed by atoms with E-state index in [-0.39, 0.29) is 6.04 Å². The van der Waals surface area contributed by atoms with Gasteiger partial charge in [-0.1, -0.05) is 18.2 Å². The maximum atomic E-state index is 6.37. The first kappa shape index (κ1) is 13.3. The van der Waals surface area contributed by atoms with Crippen LogP contribution in [-0.4, -0.2) is 10.2 Å². The zero-order valence-corrected chi connectivity index (χ0v) is 12.2. The van der Waals surface area contributed by atoms with Crippen LogP contribution in [-0.2, 0) is 19.3 Å². The van der Waals surface area contributed by atoms with Gasteiger partial charge in [-0.15, -0.1) is 0 Å². The molecule has 2 N–H and O–H groups in total. The van der Waals surface area contributed by atoms with E-state index in [9.17, 15) is 0 Å². The van der Waals surface area contributed by atoms with Crippen molar-refractivity contribution in [3.63, 3.8) is 0 Å². The first-order valence-corrected chi connectivity index (χ1v) is 7.30. The number of aromatic nitrogens is 2. The minimum Gasteiger partial charge on any atom is -0.324 e. The molecule has 20 heavy (non-hydrogen) atoms. The molecule has 0 spiro atoms. The summed E-state index contributed by atoms with van der Waals surface area (Å²) in [6.45, 7) is 3.93. The van der Waals surface area contributed by atoms with E-state index in [1.807, 2.05) is 13.8 Å². The second-order valence-electron chi connectivity index (χ2n) is 5.79. The van der Waals surface area contributed by atoms with Crippen molar-refractivity contribution in [2.75, 3.05) is 0 Å². The summed E-state index contributed by atoms with van der Waals surface area (Å²) >= 11 is 0. The number of nitrogens with two attached hydrogens (primary N) is 1. The largest absolute Gasteiger partial charge is 0.324 e. The van der Waals surface area contributed by atoms with Crippen LogP contribution in [0.15, 0.2) is 24.3 Å². The predicted molar refractivity (Wildman–Crippen MR) is 80.6 cm³/mol. The molecule has 0 amide bonds. The van der Waals surface area contributed by atoms with Gasteiger partial charge in [-0.25, -0.2) is 0 Å². The maximum Gasteiger partial charge on any atom is 0.0648 e. The minimum atomic E-state index is -0.0105. The molecule has 0 radical (unpaired) electrons. The van der Waals surface area contributed by atoms with E-state index < -0.39 is 0 Å². The standard InChI is InChI=1S/C17H21N3/c1-11-8-16(12(2)20-19-11)17(18)10-13-6-7-14-4-3-5-15(14)9-13/h6-9,17H,3-5,10,18H2,1-2H3. The molecule has 1 aliphatic rings. The molecule has 1 atom stereocenters. The van der Waals surface area contributed by atoms with Gasteiger partial charge in [0.25, 0.3) is 0 Å². The lowest BCUT2D eigenvalue weighted by molar-refractivity contribution is 0.699. The van der Waals surface area contributed by atoms with E-state index >= 15 is 0 Å². The topological polar surface area (TPSA) is 51.8 Å². The summed E-state index contributed by atoms with van der Waals surface area (Å²) in [4.78, 5) is 0. The average Bonchev–Trinajstić information content (AvgIpc) is 2.89. The third-order valence-corrected chi connectivity index (χ3v) is 4.16. The van der Waals surface area contributed by atoms with Gasteiger partial charge in [-0.2, -0.15) is 10.2 Å². The van der Waals surface area contributed by atoms with E-state index in [2.05, 4.69) is 34.5 Å². The Morgan fingerprint density at radius 3 is 2.75 bits per heavy atom. The number of hydrogen-bond acceptors (Lipinski definition) is 3. The van der Waals surface area contributed by atoms with E-state index in [0.29, 0.717) is 0 Å². The molecule has 1 aromatic carbocycles. The number of hydrogen-bond donors (Lipinski definition) is 1. The summed E-state index contributed by atoms with van der Waals surface area (Å²) < 4.78 is 0. The molecule has 1 heterocycles. The number of benzene rings is 1. The SMILES string of the molecule is Cc1cc(C(N)Cc2ccc3c(c2)CCC3)c(C)nn1. The highest BCUT2D eigenvalue weighted by Crippen LogP contribution is 2.25. The third kappa shape index (κ3) is 2.59. The van der Waals surface area contributed by atoms with E-state index in [1.165, 1.54) is 36.0 Å². The minimum absolute atomic E-state index is 0.0105. The van der Waals surface area contributed by atoms with Gasteiger partial charge >= 0.3 is 0 Å². The van der Waals surface area contributed by atoms with Crippen LogP contribution in [0.3, 0.4) is 0 Å². The van der Waals surface area contributed by atoms with E-state index in [1.54, 1.807) is 0 Å². The Morgan fingerprint density at radius 2 is 1.90 bits per heavy atom. The Balaban J connectivity index is 1.82. The van der Waals surface area contributed by atoms with Crippen molar-refractivity contribution in [1.29, 1.82) is 0 Å². The van der Waals surface area contributed by atoms with Gasteiger partial charge in [-0.05, 0) is 67.9 Å². The highest BCUT2D eigenvalue weighted by Gasteiger charge is 2.15. The van der Waals surface area contributed by atoms with Gasteiger partial charge < -0.3 is 5.73 Å². The zero-order valence-electron chi connectivity index (χ0n) is 12.2. The second-order valence-corrected chi connectivity index (χ2v) is 5.79. The number of fused-ring (bicyclic) bond motifs is 1. The lowest BCUT2D eigenvalue weighted by Crippen LogP contribution is -2.16. The van der Waals surface area contributed by atoms with Crippen molar-refractivity contribution in [1.82, 2.24) is 10.2 Å². The Labute approximate surface area is 120 Å². The lowest BCUT2D eigenvalue weighted by atomic mass is 9.96. The summed E-state index contributed by atoms with van der Waals surface area (Å²) in [6.07, 6.45) is 4.60. The van der Waals surface area contributed by atoms with Gasteiger partial charge in [0.15, 0.2) is 0 Å². The fourth-order valence-corrected chi connectivity index (χ4v) is 3.06. The first-order valence-electron chi connectivity index (χ1n) is 7.30. The molecular weight excluding hydrogens is 246 g/mol. The van der Waals surface area contributed by atoms with E-state index in [0.717, 1.165) is 23.4 Å². The van der Waals surface area contributed by atoms with Crippen LogP contribution in [0, 0.1) is 13.8 Å².